The van der Waals surface area contributed by atoms with Gasteiger partial charge >= 0.3 is 11.9 Å². The summed E-state index contributed by atoms with van der Waals surface area (Å²) in [5.41, 5.74) is 1.24. The number of ketones is 1. The number of hydrogen-bond donors (Lipinski definition) is 2. The second-order valence-electron chi connectivity index (χ2n) is 21.0. The van der Waals surface area contributed by atoms with Gasteiger partial charge in [0.15, 0.2) is 5.78 Å². The van der Waals surface area contributed by atoms with Crippen LogP contribution in [-0.4, -0.2) is 34.8 Å². The maximum atomic E-state index is 14.1. The maximum absolute atomic E-state index is 14.1. The third-order valence-corrected chi connectivity index (χ3v) is 17.1. The molecule has 8 heteroatoms. The number of ether oxygens (including phenoxy) is 1. The highest BCUT2D eigenvalue weighted by atomic mass is 35.5. The van der Waals surface area contributed by atoms with Crippen molar-refractivity contribution in [1.82, 2.24) is 5.32 Å². The molecule has 0 aliphatic heterocycles. The van der Waals surface area contributed by atoms with Crippen LogP contribution in [0.4, 0.5) is 0 Å². The fraction of sp³-hybridized carbons (Fsp3) is 0.702. The van der Waals surface area contributed by atoms with Crippen LogP contribution < -0.4 is 5.32 Å². The molecule has 55 heavy (non-hydrogen) atoms. The van der Waals surface area contributed by atoms with E-state index in [4.69, 9.17) is 16.3 Å². The number of carbonyl (C=O) groups is 4. The quantitative estimate of drug-likeness (QED) is 0.191. The molecule has 8 atom stereocenters. The molecule has 1 aromatic carbocycles. The molecule has 7 rings (SSSR count). The zero-order valence-corrected chi connectivity index (χ0v) is 35.5. The number of aliphatic carboxylic acids is 1. The van der Waals surface area contributed by atoms with E-state index in [1.54, 1.807) is 19.9 Å². The number of halogens is 1. The third kappa shape index (κ3) is 6.27. The minimum Gasteiger partial charge on any atom is -0.481 e. The standard InChI is InChI=1S/C47H64ClNO6/c1-28(2)38-32(50)26-46(20-17-36(51)49-47(23-24-47)29-11-10-12-30(48)25-29)22-21-44(8)31(39(38)46)13-14-34-43(7)18-16-35(55-37(52)27-41(3,4)40(53)54)42(5,6)33(43)15-19-45(34,44)9/h10-12,17,20,25,28,31,33-35H,13-16,18-19,21-24,26-27H2,1-9H3,(H,49,51)(H,53,54)/t31-,33+,34-,35+,43+,44-,45-,46+/m1/s1. The van der Waals surface area contributed by atoms with E-state index < -0.39 is 22.8 Å². The predicted molar refractivity (Wildman–Crippen MR) is 215 cm³/mol. The second kappa shape index (κ2) is 13.3. The van der Waals surface area contributed by atoms with Gasteiger partial charge in [-0.15, -0.1) is 0 Å². The molecule has 6 aliphatic rings. The first kappa shape index (κ1) is 40.3. The van der Waals surface area contributed by atoms with Gasteiger partial charge in [0.05, 0.1) is 17.4 Å². The Kier molecular flexibility index (Phi) is 9.75. The van der Waals surface area contributed by atoms with Gasteiger partial charge in [-0.1, -0.05) is 78.3 Å². The molecular weight excluding hydrogens is 710 g/mol. The van der Waals surface area contributed by atoms with Crippen molar-refractivity contribution in [3.63, 3.8) is 0 Å². The molecule has 0 spiro atoms. The van der Waals surface area contributed by atoms with Gasteiger partial charge in [-0.25, -0.2) is 0 Å². The molecule has 6 aliphatic carbocycles. The molecule has 0 bridgehead atoms. The Labute approximate surface area is 333 Å². The molecule has 1 aromatic rings. The van der Waals surface area contributed by atoms with E-state index in [0.29, 0.717) is 23.3 Å². The van der Waals surface area contributed by atoms with Crippen LogP contribution in [0.5, 0.6) is 0 Å². The molecule has 0 aromatic heterocycles. The summed E-state index contributed by atoms with van der Waals surface area (Å²) < 4.78 is 6.17. The van der Waals surface area contributed by atoms with Crippen molar-refractivity contribution in [3.05, 3.63) is 58.1 Å². The Balaban J connectivity index is 1.15. The van der Waals surface area contributed by atoms with Crippen molar-refractivity contribution in [1.29, 1.82) is 0 Å². The number of esters is 1. The average Bonchev–Trinajstić information content (AvgIpc) is 3.80. The fourth-order valence-corrected chi connectivity index (χ4v) is 13.8. The molecular formula is C47H64ClNO6. The molecule has 300 valence electrons. The number of rotatable bonds is 9. The van der Waals surface area contributed by atoms with Gasteiger partial charge < -0.3 is 15.2 Å². The molecule has 7 nitrogen and oxygen atoms in total. The number of Topliss-reactive ketones (excluding diaryl/α,β-unsaturated/α-hetero) is 1. The van der Waals surface area contributed by atoms with E-state index in [0.717, 1.165) is 75.3 Å². The summed E-state index contributed by atoms with van der Waals surface area (Å²) in [5, 5.41) is 13.6. The molecule has 0 radical (unpaired) electrons. The van der Waals surface area contributed by atoms with Gasteiger partial charge in [0.25, 0.3) is 0 Å². The summed E-state index contributed by atoms with van der Waals surface area (Å²) in [5.74, 6) is -0.0463. The van der Waals surface area contributed by atoms with Crippen molar-refractivity contribution in [3.8, 4) is 0 Å². The monoisotopic (exact) mass is 773 g/mol. The smallest absolute Gasteiger partial charge is 0.309 e. The summed E-state index contributed by atoms with van der Waals surface area (Å²) in [7, 11) is 0. The van der Waals surface area contributed by atoms with Gasteiger partial charge in [-0.2, -0.15) is 0 Å². The average molecular weight is 774 g/mol. The van der Waals surface area contributed by atoms with Crippen LogP contribution in [0.15, 0.2) is 47.6 Å². The third-order valence-electron chi connectivity index (χ3n) is 16.9. The number of carbonyl (C=O) groups excluding carboxylic acids is 3. The van der Waals surface area contributed by atoms with Crippen LogP contribution in [0, 0.1) is 56.2 Å². The number of carboxylic acid groups (broad SMARTS) is 1. The Morgan fingerprint density at radius 2 is 1.65 bits per heavy atom. The lowest BCUT2D eigenvalue weighted by molar-refractivity contribution is -0.232. The molecule has 5 fully saturated rings. The first-order valence-electron chi connectivity index (χ1n) is 21.0. The molecule has 5 saturated carbocycles. The Morgan fingerprint density at radius 1 is 0.945 bits per heavy atom. The number of benzene rings is 1. The van der Waals surface area contributed by atoms with Crippen molar-refractivity contribution in [2.45, 2.75) is 151 Å². The summed E-state index contributed by atoms with van der Waals surface area (Å²) in [6.45, 7) is 19.6. The highest BCUT2D eigenvalue weighted by molar-refractivity contribution is 6.30. The Morgan fingerprint density at radius 3 is 2.29 bits per heavy atom. The van der Waals surface area contributed by atoms with Crippen LogP contribution in [-0.2, 0) is 29.5 Å². The SMILES string of the molecule is CC(C)C1=C2[C@H]3CC[C@@H]4[C@@]5(C)CC[C@H](OC(=O)CC(C)(C)C(=O)O)C(C)(C)[C@@H]5CC[C@@]4(C)[C@]3(C)CC[C@@]2(C=CC(=O)NC2(c3cccc(Cl)c3)CC2)CC1=O. The van der Waals surface area contributed by atoms with Crippen molar-refractivity contribution < 1.29 is 29.0 Å². The molecule has 1 amide bonds. The predicted octanol–water partition coefficient (Wildman–Crippen LogP) is 10.4. The van der Waals surface area contributed by atoms with Crippen LogP contribution in [0.3, 0.4) is 0 Å². The highest BCUT2D eigenvalue weighted by Gasteiger charge is 2.70. The number of amides is 1. The van der Waals surface area contributed by atoms with Gasteiger partial charge in [-0.3, -0.25) is 19.2 Å². The molecule has 0 heterocycles. The summed E-state index contributed by atoms with van der Waals surface area (Å²) >= 11 is 6.32. The van der Waals surface area contributed by atoms with E-state index >= 15 is 0 Å². The minimum absolute atomic E-state index is 0.00981. The molecule has 0 unspecified atom stereocenters. The maximum Gasteiger partial charge on any atom is 0.309 e. The summed E-state index contributed by atoms with van der Waals surface area (Å²) in [6.07, 6.45) is 13.5. The van der Waals surface area contributed by atoms with Crippen molar-refractivity contribution >= 4 is 35.2 Å². The van der Waals surface area contributed by atoms with Crippen molar-refractivity contribution in [2.75, 3.05) is 0 Å². The van der Waals surface area contributed by atoms with Crippen LogP contribution in [0.1, 0.15) is 145 Å². The van der Waals surface area contributed by atoms with Crippen LogP contribution >= 0.6 is 11.6 Å². The normalized spacial score (nSPS) is 37.5. The fourth-order valence-electron chi connectivity index (χ4n) is 13.6. The second-order valence-corrected chi connectivity index (χ2v) is 21.4. The zero-order chi connectivity index (χ0) is 40.1. The minimum atomic E-state index is -1.17. The lowest BCUT2D eigenvalue weighted by Crippen LogP contribution is -2.65. The number of fused-ring (bicyclic) bond motifs is 7. The number of nitrogens with one attached hydrogen (secondary N) is 1. The molecule has 2 N–H and O–H groups in total. The van der Waals surface area contributed by atoms with E-state index in [1.165, 1.54) is 5.57 Å². The number of allylic oxidation sites excluding steroid dienone is 3. The number of hydrogen-bond acceptors (Lipinski definition) is 5. The van der Waals surface area contributed by atoms with Gasteiger partial charge in [0.1, 0.15) is 6.10 Å². The van der Waals surface area contributed by atoms with E-state index in [2.05, 4.69) is 59.9 Å². The van der Waals surface area contributed by atoms with E-state index in [9.17, 15) is 24.3 Å². The van der Waals surface area contributed by atoms with Gasteiger partial charge in [-0.05, 0) is 153 Å². The van der Waals surface area contributed by atoms with Crippen LogP contribution in [0.25, 0.3) is 0 Å². The topological polar surface area (TPSA) is 110 Å². The first-order valence-corrected chi connectivity index (χ1v) is 21.4. The van der Waals surface area contributed by atoms with Gasteiger partial charge in [0, 0.05) is 22.3 Å². The highest BCUT2D eigenvalue weighted by Crippen LogP contribution is 2.77. The Bertz CT molecular complexity index is 1850. The lowest BCUT2D eigenvalue weighted by atomic mass is 9.33. The summed E-state index contributed by atoms with van der Waals surface area (Å²) in [4.78, 5) is 52.6. The lowest BCUT2D eigenvalue weighted by Gasteiger charge is -2.72. The zero-order valence-electron chi connectivity index (χ0n) is 34.7. The van der Waals surface area contributed by atoms with E-state index in [-0.39, 0.29) is 63.2 Å². The Hall–Kier alpha value is -2.93. The largest absolute Gasteiger partial charge is 0.481 e. The number of carboxylic acids is 1. The van der Waals surface area contributed by atoms with Gasteiger partial charge in [0.2, 0.25) is 5.91 Å². The molecule has 0 saturated heterocycles. The van der Waals surface area contributed by atoms with E-state index in [1.807, 2.05) is 24.3 Å². The van der Waals surface area contributed by atoms with Crippen LogP contribution in [0.2, 0.25) is 5.02 Å². The van der Waals surface area contributed by atoms with Crippen molar-refractivity contribution in [2.24, 2.45) is 56.2 Å². The summed E-state index contributed by atoms with van der Waals surface area (Å²) in [6, 6.07) is 7.77. The first-order chi connectivity index (χ1) is 25.6.